The minimum absolute atomic E-state index is 0.00189. The van der Waals surface area contributed by atoms with Gasteiger partial charge in [-0.1, -0.05) is 53.5 Å². The van der Waals surface area contributed by atoms with Gasteiger partial charge in [0.15, 0.2) is 0 Å². The average Bonchev–Trinajstić information content (AvgIpc) is 2.79. The Kier molecular flexibility index (Phi) is 6.44. The lowest BCUT2D eigenvalue weighted by molar-refractivity contribution is 0.102. The van der Waals surface area contributed by atoms with Gasteiger partial charge in [0.25, 0.3) is 5.91 Å². The van der Waals surface area contributed by atoms with Crippen molar-refractivity contribution in [1.29, 1.82) is 0 Å². The number of aromatic nitrogens is 2. The van der Waals surface area contributed by atoms with Crippen LogP contribution >= 0.6 is 23.2 Å². The number of rotatable bonds is 4. The summed E-state index contributed by atoms with van der Waals surface area (Å²) in [5, 5.41) is 6.57. The van der Waals surface area contributed by atoms with Crippen LogP contribution in [0.15, 0.2) is 67.0 Å². The molecule has 7 nitrogen and oxygen atoms in total. The van der Waals surface area contributed by atoms with Crippen LogP contribution in [0, 0.1) is 6.92 Å². The molecular weight excluding hydrogens is 461 g/mol. The average molecular weight is 480 g/mol. The molecule has 2 aromatic heterocycles. The van der Waals surface area contributed by atoms with E-state index in [-0.39, 0.29) is 21.8 Å². The number of carbonyl (C=O) groups is 2. The van der Waals surface area contributed by atoms with Crippen molar-refractivity contribution in [3.05, 3.63) is 88.3 Å². The van der Waals surface area contributed by atoms with Crippen LogP contribution in [0.4, 0.5) is 21.9 Å². The molecule has 0 atom stereocenters. The van der Waals surface area contributed by atoms with Gasteiger partial charge in [-0.25, -0.2) is 9.78 Å². The molecule has 4 rings (SSSR count). The molecule has 2 heterocycles. The molecule has 0 aliphatic carbocycles. The summed E-state index contributed by atoms with van der Waals surface area (Å²) in [5.74, 6) is -0.510. The van der Waals surface area contributed by atoms with Crippen LogP contribution in [0.2, 0.25) is 10.2 Å². The van der Waals surface area contributed by atoms with Crippen LogP contribution in [0.3, 0.4) is 0 Å². The van der Waals surface area contributed by atoms with E-state index in [0.717, 1.165) is 5.56 Å². The van der Waals surface area contributed by atoms with Gasteiger partial charge in [-0.15, -0.1) is 0 Å². The zero-order valence-electron chi connectivity index (χ0n) is 17.8. The maximum absolute atomic E-state index is 12.9. The third kappa shape index (κ3) is 4.60. The van der Waals surface area contributed by atoms with Crippen LogP contribution in [-0.2, 0) is 0 Å². The van der Waals surface area contributed by atoms with E-state index in [0.29, 0.717) is 28.0 Å². The van der Waals surface area contributed by atoms with Crippen molar-refractivity contribution in [1.82, 2.24) is 9.97 Å². The number of carbonyl (C=O) groups excluding carboxylic acids is 2. The molecule has 0 radical (unpaired) electrons. The van der Waals surface area contributed by atoms with Crippen LogP contribution in [0.5, 0.6) is 0 Å². The first kappa shape index (κ1) is 22.5. The van der Waals surface area contributed by atoms with Crippen LogP contribution < -0.4 is 15.5 Å². The highest BCUT2D eigenvalue weighted by atomic mass is 35.5. The fourth-order valence-corrected chi connectivity index (χ4v) is 4.01. The Morgan fingerprint density at radius 1 is 0.939 bits per heavy atom. The maximum atomic E-state index is 12.9. The third-order valence-corrected chi connectivity index (χ3v) is 5.65. The zero-order valence-corrected chi connectivity index (χ0v) is 19.3. The Morgan fingerprint density at radius 2 is 1.70 bits per heavy atom. The summed E-state index contributed by atoms with van der Waals surface area (Å²) >= 11 is 12.2. The summed E-state index contributed by atoms with van der Waals surface area (Å²) in [7, 11) is 1.68. The number of anilines is 3. The minimum atomic E-state index is -0.510. The SMILES string of the molecule is Cc1cnc2c(NC(=O)c3c(Cl)ccnc3Cl)cccc2c1N(C)C(=O)Nc1ccccc1. The van der Waals surface area contributed by atoms with E-state index in [9.17, 15) is 9.59 Å². The highest BCUT2D eigenvalue weighted by molar-refractivity contribution is 6.39. The van der Waals surface area contributed by atoms with Gasteiger partial charge < -0.3 is 10.6 Å². The third-order valence-electron chi connectivity index (χ3n) is 5.05. The number of pyridine rings is 2. The normalized spacial score (nSPS) is 10.7. The van der Waals surface area contributed by atoms with Crippen molar-refractivity contribution < 1.29 is 9.59 Å². The van der Waals surface area contributed by atoms with E-state index in [1.54, 1.807) is 25.4 Å². The smallest absolute Gasteiger partial charge is 0.320 e. The van der Waals surface area contributed by atoms with E-state index in [1.807, 2.05) is 43.3 Å². The van der Waals surface area contributed by atoms with Gasteiger partial charge in [-0.3, -0.25) is 14.7 Å². The van der Waals surface area contributed by atoms with E-state index in [2.05, 4.69) is 20.6 Å². The fourth-order valence-electron chi connectivity index (χ4n) is 3.49. The highest BCUT2D eigenvalue weighted by Crippen LogP contribution is 2.33. The predicted octanol–water partition coefficient (Wildman–Crippen LogP) is 6.17. The van der Waals surface area contributed by atoms with E-state index >= 15 is 0 Å². The second kappa shape index (κ2) is 9.44. The van der Waals surface area contributed by atoms with Crippen molar-refractivity contribution in [3.8, 4) is 0 Å². The van der Waals surface area contributed by atoms with Crippen LogP contribution in [0.25, 0.3) is 10.9 Å². The molecule has 0 fully saturated rings. The van der Waals surface area contributed by atoms with Crippen molar-refractivity contribution in [2.75, 3.05) is 22.6 Å². The van der Waals surface area contributed by atoms with E-state index in [1.165, 1.54) is 17.2 Å². The number of urea groups is 1. The van der Waals surface area contributed by atoms with Crippen LogP contribution in [-0.4, -0.2) is 29.0 Å². The predicted molar refractivity (Wildman–Crippen MR) is 133 cm³/mol. The quantitative estimate of drug-likeness (QED) is 0.342. The van der Waals surface area contributed by atoms with Crippen LogP contribution in [0.1, 0.15) is 15.9 Å². The number of hydrogen-bond acceptors (Lipinski definition) is 4. The molecule has 166 valence electrons. The van der Waals surface area contributed by atoms with Gasteiger partial charge in [0.05, 0.1) is 27.5 Å². The molecule has 2 aromatic carbocycles. The van der Waals surface area contributed by atoms with Gasteiger partial charge in [0, 0.05) is 30.5 Å². The monoisotopic (exact) mass is 479 g/mol. The number of amides is 3. The summed E-state index contributed by atoms with van der Waals surface area (Å²) in [4.78, 5) is 35.7. The molecule has 0 aliphatic rings. The van der Waals surface area contributed by atoms with Crippen molar-refractivity contribution in [2.45, 2.75) is 6.92 Å². The fraction of sp³-hybridized carbons (Fsp3) is 0.0833. The molecule has 4 aromatic rings. The number of nitrogens with one attached hydrogen (secondary N) is 2. The second-order valence-corrected chi connectivity index (χ2v) is 8.02. The number of para-hydroxylation sites is 2. The highest BCUT2D eigenvalue weighted by Gasteiger charge is 2.20. The molecule has 33 heavy (non-hydrogen) atoms. The van der Waals surface area contributed by atoms with Gasteiger partial charge in [0.1, 0.15) is 5.15 Å². The van der Waals surface area contributed by atoms with Crippen molar-refractivity contribution in [3.63, 3.8) is 0 Å². The molecule has 0 saturated carbocycles. The van der Waals surface area contributed by atoms with Gasteiger partial charge in [0.2, 0.25) is 0 Å². The molecule has 0 saturated heterocycles. The zero-order chi connectivity index (χ0) is 23.5. The first-order chi connectivity index (χ1) is 15.9. The number of aryl methyl sites for hydroxylation is 1. The summed E-state index contributed by atoms with van der Waals surface area (Å²) in [6, 6.07) is 15.7. The topological polar surface area (TPSA) is 87.2 Å². The Labute approximate surface area is 200 Å². The Morgan fingerprint density at radius 3 is 2.42 bits per heavy atom. The first-order valence-electron chi connectivity index (χ1n) is 9.96. The summed E-state index contributed by atoms with van der Waals surface area (Å²) in [6.45, 7) is 1.87. The number of nitrogens with zero attached hydrogens (tertiary/aromatic N) is 3. The number of halogens is 2. The van der Waals surface area contributed by atoms with Gasteiger partial charge in [-0.2, -0.15) is 0 Å². The molecule has 9 heteroatoms. The molecule has 0 unspecified atom stereocenters. The number of benzene rings is 2. The lowest BCUT2D eigenvalue weighted by Gasteiger charge is -2.22. The van der Waals surface area contributed by atoms with Gasteiger partial charge in [-0.05, 0) is 36.8 Å². The summed E-state index contributed by atoms with van der Waals surface area (Å²) < 4.78 is 0. The first-order valence-corrected chi connectivity index (χ1v) is 10.7. The van der Waals surface area contributed by atoms with Gasteiger partial charge >= 0.3 is 6.03 Å². The molecule has 0 aliphatic heterocycles. The van der Waals surface area contributed by atoms with Crippen molar-refractivity contribution in [2.24, 2.45) is 0 Å². The lowest BCUT2D eigenvalue weighted by atomic mass is 10.1. The Bertz CT molecular complexity index is 1340. The maximum Gasteiger partial charge on any atom is 0.326 e. The number of hydrogen-bond donors (Lipinski definition) is 2. The number of fused-ring (bicyclic) bond motifs is 1. The lowest BCUT2D eigenvalue weighted by Crippen LogP contribution is -2.32. The van der Waals surface area contributed by atoms with E-state index < -0.39 is 5.91 Å². The molecular formula is C24H19Cl2N5O2. The summed E-state index contributed by atoms with van der Waals surface area (Å²) in [6.07, 6.45) is 3.08. The standard InChI is InChI=1S/C24H19Cl2N5O2/c1-14-13-28-20-16(21(14)31(2)24(33)29-15-7-4-3-5-8-15)9-6-10-18(20)30-23(32)19-17(25)11-12-27-22(19)26/h3-13H,1-2H3,(H,29,33)(H,30,32). The Balaban J connectivity index is 1.70. The molecule has 3 amide bonds. The molecule has 0 bridgehead atoms. The Hall–Kier alpha value is -3.68. The molecule has 2 N–H and O–H groups in total. The minimum Gasteiger partial charge on any atom is -0.320 e. The summed E-state index contributed by atoms with van der Waals surface area (Å²) in [5.41, 5.74) is 3.19. The van der Waals surface area contributed by atoms with E-state index in [4.69, 9.17) is 23.2 Å². The largest absolute Gasteiger partial charge is 0.326 e. The second-order valence-electron chi connectivity index (χ2n) is 7.26. The van der Waals surface area contributed by atoms with Crippen molar-refractivity contribution >= 4 is 63.1 Å². The molecule has 0 spiro atoms.